The van der Waals surface area contributed by atoms with Gasteiger partial charge >= 0.3 is 0 Å². The van der Waals surface area contributed by atoms with Crippen LogP contribution in [0, 0.1) is 5.92 Å². The molecule has 6 heteroatoms. The third kappa shape index (κ3) is 2.83. The van der Waals surface area contributed by atoms with E-state index in [4.69, 9.17) is 4.74 Å². The molecule has 0 spiro atoms. The van der Waals surface area contributed by atoms with Gasteiger partial charge in [0.25, 0.3) is 0 Å². The van der Waals surface area contributed by atoms with Crippen LogP contribution in [0.4, 0.5) is 0 Å². The first kappa shape index (κ1) is 14.4. The maximum atomic E-state index is 5.47. The predicted octanol–water partition coefficient (Wildman–Crippen LogP) is 2.50. The monoisotopic (exact) mass is 318 g/mol. The van der Waals surface area contributed by atoms with Crippen LogP contribution in [-0.4, -0.2) is 40.2 Å². The highest BCUT2D eigenvalue weighted by atomic mass is 32.1. The Hall–Kier alpha value is -1.24. The molecule has 0 amide bonds. The number of nitrogens with zero attached hydrogens (tertiary/aromatic N) is 4. The Bertz CT molecular complexity index is 620. The molecule has 1 atom stereocenters. The maximum absolute atomic E-state index is 5.47. The fourth-order valence-corrected chi connectivity index (χ4v) is 3.94. The third-order valence-electron chi connectivity index (χ3n) is 4.68. The molecule has 1 fully saturated rings. The molecule has 1 saturated carbocycles. The number of rotatable bonds is 6. The fourth-order valence-electron chi connectivity index (χ4n) is 3.28. The first-order valence-corrected chi connectivity index (χ1v) is 8.95. The second-order valence-corrected chi connectivity index (χ2v) is 7.15. The molecule has 5 nitrogen and oxygen atoms in total. The number of hydrogen-bond donors (Lipinski definition) is 0. The van der Waals surface area contributed by atoms with Crippen LogP contribution < -0.4 is 0 Å². The van der Waals surface area contributed by atoms with Gasteiger partial charge in [-0.25, -0.2) is 4.68 Å². The topological polar surface area (TPSA) is 43.2 Å². The largest absolute Gasteiger partial charge is 0.383 e. The van der Waals surface area contributed by atoms with Gasteiger partial charge in [0.05, 0.1) is 18.3 Å². The lowest BCUT2D eigenvalue weighted by Gasteiger charge is -2.34. The average Bonchev–Trinajstić information content (AvgIpc) is 3.02. The van der Waals surface area contributed by atoms with E-state index in [0.717, 1.165) is 37.7 Å². The summed E-state index contributed by atoms with van der Waals surface area (Å²) in [5.41, 5.74) is 3.83. The molecule has 1 aliphatic heterocycles. The summed E-state index contributed by atoms with van der Waals surface area (Å²) in [6, 6.07) is 2.43. The van der Waals surface area contributed by atoms with E-state index < -0.39 is 0 Å². The lowest BCUT2D eigenvalue weighted by molar-refractivity contribution is 0.0750. The van der Waals surface area contributed by atoms with Crippen molar-refractivity contribution < 1.29 is 4.74 Å². The predicted molar refractivity (Wildman–Crippen MR) is 85.8 cm³/mol. The van der Waals surface area contributed by atoms with E-state index in [1.54, 1.807) is 18.4 Å². The molecule has 2 aromatic rings. The molecule has 2 aliphatic rings. The van der Waals surface area contributed by atoms with Gasteiger partial charge in [-0.1, -0.05) is 5.21 Å². The second kappa shape index (κ2) is 6.10. The van der Waals surface area contributed by atoms with Gasteiger partial charge in [0.15, 0.2) is 0 Å². The van der Waals surface area contributed by atoms with Gasteiger partial charge in [-0.15, -0.1) is 5.10 Å². The van der Waals surface area contributed by atoms with E-state index in [-0.39, 0.29) is 6.04 Å². The number of fused-ring (bicyclic) bond motifs is 1. The van der Waals surface area contributed by atoms with Crippen LogP contribution in [0.2, 0.25) is 0 Å². The minimum Gasteiger partial charge on any atom is -0.383 e. The first-order chi connectivity index (χ1) is 10.8. The van der Waals surface area contributed by atoms with Crippen LogP contribution in [0.15, 0.2) is 16.8 Å². The molecule has 118 valence electrons. The number of methoxy groups -OCH3 is 1. The van der Waals surface area contributed by atoms with Crippen molar-refractivity contribution in [3.8, 4) is 0 Å². The van der Waals surface area contributed by atoms with E-state index in [1.807, 2.05) is 0 Å². The summed E-state index contributed by atoms with van der Waals surface area (Å²) in [6.07, 6.45) is 3.74. The van der Waals surface area contributed by atoms with Crippen LogP contribution >= 0.6 is 11.3 Å². The Morgan fingerprint density at radius 2 is 2.32 bits per heavy atom. The molecule has 0 radical (unpaired) electrons. The summed E-state index contributed by atoms with van der Waals surface area (Å²) in [6.45, 7) is 3.74. The molecule has 4 rings (SSSR count). The molecule has 3 heterocycles. The smallest absolute Gasteiger partial charge is 0.105 e. The van der Waals surface area contributed by atoms with Crippen LogP contribution in [0.3, 0.4) is 0 Å². The van der Waals surface area contributed by atoms with Crippen LogP contribution in [-0.2, 0) is 24.2 Å². The summed E-state index contributed by atoms with van der Waals surface area (Å²) in [5.74, 6) is 0.829. The highest BCUT2D eigenvalue weighted by Gasteiger charge is 2.33. The molecule has 1 unspecified atom stereocenters. The minimum atomic E-state index is 0.224. The first-order valence-electron chi connectivity index (χ1n) is 8.01. The van der Waals surface area contributed by atoms with E-state index >= 15 is 0 Å². The van der Waals surface area contributed by atoms with Gasteiger partial charge < -0.3 is 4.74 Å². The van der Waals surface area contributed by atoms with Crippen molar-refractivity contribution in [2.24, 2.45) is 5.92 Å². The average molecular weight is 318 g/mol. The fraction of sp³-hybridized carbons (Fsp3) is 0.625. The SMILES string of the molecule is COCC1c2nnn(CC3CC3)c2CCN1Cc1ccsc1. The van der Waals surface area contributed by atoms with Crippen molar-refractivity contribution in [1.82, 2.24) is 19.9 Å². The summed E-state index contributed by atoms with van der Waals surface area (Å²) in [7, 11) is 1.77. The molecular formula is C16H22N4OS. The van der Waals surface area contributed by atoms with Gasteiger partial charge in [0, 0.05) is 33.2 Å². The molecular weight excluding hydrogens is 296 g/mol. The van der Waals surface area contributed by atoms with Crippen molar-refractivity contribution in [2.75, 3.05) is 20.3 Å². The van der Waals surface area contributed by atoms with Gasteiger partial charge in [-0.05, 0) is 41.1 Å². The van der Waals surface area contributed by atoms with E-state index in [9.17, 15) is 0 Å². The highest BCUT2D eigenvalue weighted by molar-refractivity contribution is 7.07. The molecule has 0 saturated heterocycles. The maximum Gasteiger partial charge on any atom is 0.105 e. The highest BCUT2D eigenvalue weighted by Crippen LogP contribution is 2.34. The number of hydrogen-bond acceptors (Lipinski definition) is 5. The molecule has 0 aromatic carbocycles. The molecule has 0 bridgehead atoms. The van der Waals surface area contributed by atoms with E-state index in [0.29, 0.717) is 6.61 Å². The Kier molecular flexibility index (Phi) is 3.98. The van der Waals surface area contributed by atoms with Crippen LogP contribution in [0.25, 0.3) is 0 Å². The van der Waals surface area contributed by atoms with Crippen molar-refractivity contribution in [3.63, 3.8) is 0 Å². The molecule has 1 aliphatic carbocycles. The zero-order valence-electron chi connectivity index (χ0n) is 12.9. The summed E-state index contributed by atoms with van der Waals surface area (Å²) >= 11 is 1.76. The normalized spacial score (nSPS) is 22.0. The Balaban J connectivity index is 1.57. The van der Waals surface area contributed by atoms with E-state index in [2.05, 4.69) is 36.7 Å². The Morgan fingerprint density at radius 3 is 3.05 bits per heavy atom. The van der Waals surface area contributed by atoms with Gasteiger partial charge in [-0.2, -0.15) is 11.3 Å². The van der Waals surface area contributed by atoms with Gasteiger partial charge in [-0.3, -0.25) is 4.90 Å². The molecule has 0 N–H and O–H groups in total. The van der Waals surface area contributed by atoms with Crippen molar-refractivity contribution in [3.05, 3.63) is 33.8 Å². The third-order valence-corrected chi connectivity index (χ3v) is 5.41. The minimum absolute atomic E-state index is 0.224. The van der Waals surface area contributed by atoms with Crippen LogP contribution in [0.1, 0.15) is 35.8 Å². The van der Waals surface area contributed by atoms with Crippen LogP contribution in [0.5, 0.6) is 0 Å². The standard InChI is InChI=1S/C16H22N4OS/c1-21-10-15-16-14(20(18-17-16)9-12-2-3-12)4-6-19(15)8-13-5-7-22-11-13/h5,7,11-12,15H,2-4,6,8-10H2,1H3. The lowest BCUT2D eigenvalue weighted by atomic mass is 10.0. The second-order valence-electron chi connectivity index (χ2n) is 6.37. The number of aromatic nitrogens is 3. The zero-order valence-corrected chi connectivity index (χ0v) is 13.8. The van der Waals surface area contributed by atoms with E-state index in [1.165, 1.54) is 24.1 Å². The summed E-state index contributed by atoms with van der Waals surface area (Å²) in [4.78, 5) is 2.48. The number of ether oxygens (including phenoxy) is 1. The molecule has 2 aromatic heterocycles. The Morgan fingerprint density at radius 1 is 1.41 bits per heavy atom. The number of thiophene rings is 1. The Labute approximate surface area is 134 Å². The summed E-state index contributed by atoms with van der Waals surface area (Å²) in [5, 5.41) is 13.3. The zero-order chi connectivity index (χ0) is 14.9. The van der Waals surface area contributed by atoms with Crippen molar-refractivity contribution in [1.29, 1.82) is 0 Å². The van der Waals surface area contributed by atoms with Gasteiger partial charge in [0.1, 0.15) is 5.69 Å². The summed E-state index contributed by atoms with van der Waals surface area (Å²) < 4.78 is 7.62. The van der Waals surface area contributed by atoms with Crippen molar-refractivity contribution >= 4 is 11.3 Å². The molecule has 22 heavy (non-hydrogen) atoms. The quantitative estimate of drug-likeness (QED) is 0.821. The lowest BCUT2D eigenvalue weighted by Crippen LogP contribution is -2.38. The van der Waals surface area contributed by atoms with Crippen molar-refractivity contribution in [2.45, 2.75) is 38.4 Å². The van der Waals surface area contributed by atoms with Gasteiger partial charge in [0.2, 0.25) is 0 Å².